The molecule has 0 saturated heterocycles. The Morgan fingerprint density at radius 3 is 2.78 bits per heavy atom. The first kappa shape index (κ1) is 11.6. The molecular formula is C15H19NO2. The van der Waals surface area contributed by atoms with E-state index in [1.54, 1.807) is 0 Å². The van der Waals surface area contributed by atoms with Gasteiger partial charge in [0.15, 0.2) is 0 Å². The van der Waals surface area contributed by atoms with Crippen LogP contribution in [0.3, 0.4) is 0 Å². The molecule has 1 aromatic rings. The summed E-state index contributed by atoms with van der Waals surface area (Å²) in [6.07, 6.45) is 4.05. The van der Waals surface area contributed by atoms with Gasteiger partial charge in [-0.3, -0.25) is 4.79 Å². The Balaban J connectivity index is 1.79. The zero-order chi connectivity index (χ0) is 12.6. The normalized spacial score (nSPS) is 29.7. The van der Waals surface area contributed by atoms with Crippen molar-refractivity contribution in [1.29, 1.82) is 0 Å². The summed E-state index contributed by atoms with van der Waals surface area (Å²) in [5, 5.41) is 3.50. The van der Waals surface area contributed by atoms with Crippen LogP contribution in [0.25, 0.3) is 0 Å². The predicted octanol–water partition coefficient (Wildman–Crippen LogP) is 2.71. The maximum Gasteiger partial charge on any atom is 0.308 e. The van der Waals surface area contributed by atoms with Crippen LogP contribution in [-0.4, -0.2) is 19.6 Å². The van der Waals surface area contributed by atoms with Crippen molar-refractivity contribution in [2.24, 2.45) is 5.92 Å². The number of carbonyl (C=O) groups is 1. The summed E-state index contributed by atoms with van der Waals surface area (Å²) in [4.78, 5) is 11.6. The Bertz CT molecular complexity index is 461. The van der Waals surface area contributed by atoms with Crippen LogP contribution in [0.5, 0.6) is 0 Å². The third-order valence-electron chi connectivity index (χ3n) is 4.59. The van der Waals surface area contributed by atoms with Gasteiger partial charge in [0.2, 0.25) is 0 Å². The molecule has 96 valence electrons. The maximum atomic E-state index is 11.6. The van der Waals surface area contributed by atoms with E-state index >= 15 is 0 Å². The SMILES string of the molecule is COC(=O)C1CCC2(CC1)CNc1ccccc12. The van der Waals surface area contributed by atoms with Crippen molar-refractivity contribution < 1.29 is 9.53 Å². The van der Waals surface area contributed by atoms with Crippen molar-refractivity contribution in [3.63, 3.8) is 0 Å². The van der Waals surface area contributed by atoms with Crippen LogP contribution >= 0.6 is 0 Å². The Morgan fingerprint density at radius 1 is 1.33 bits per heavy atom. The van der Waals surface area contributed by atoms with E-state index in [2.05, 4.69) is 29.6 Å². The predicted molar refractivity (Wildman–Crippen MR) is 70.6 cm³/mol. The second-order valence-electron chi connectivity index (χ2n) is 5.48. The minimum Gasteiger partial charge on any atom is -0.469 e. The van der Waals surface area contributed by atoms with E-state index in [-0.39, 0.29) is 17.3 Å². The van der Waals surface area contributed by atoms with E-state index in [1.165, 1.54) is 18.4 Å². The highest BCUT2D eigenvalue weighted by molar-refractivity contribution is 5.72. The number of methoxy groups -OCH3 is 1. The zero-order valence-corrected chi connectivity index (χ0v) is 10.7. The number of benzene rings is 1. The number of hydrogen-bond acceptors (Lipinski definition) is 3. The number of rotatable bonds is 1. The number of hydrogen-bond donors (Lipinski definition) is 1. The lowest BCUT2D eigenvalue weighted by molar-refractivity contribution is -0.146. The van der Waals surface area contributed by atoms with Crippen molar-refractivity contribution >= 4 is 11.7 Å². The molecule has 3 heteroatoms. The molecule has 0 unspecified atom stereocenters. The molecule has 1 aliphatic carbocycles. The topological polar surface area (TPSA) is 38.3 Å². The van der Waals surface area contributed by atoms with Gasteiger partial charge in [-0.25, -0.2) is 0 Å². The summed E-state index contributed by atoms with van der Waals surface area (Å²) >= 11 is 0. The van der Waals surface area contributed by atoms with Crippen LogP contribution in [0.2, 0.25) is 0 Å². The number of fused-ring (bicyclic) bond motifs is 2. The summed E-state index contributed by atoms with van der Waals surface area (Å²) in [6.45, 7) is 1.01. The molecule has 0 amide bonds. The highest BCUT2D eigenvalue weighted by Crippen LogP contribution is 2.47. The third kappa shape index (κ3) is 1.69. The van der Waals surface area contributed by atoms with Crippen LogP contribution in [0.4, 0.5) is 5.69 Å². The van der Waals surface area contributed by atoms with E-state index in [9.17, 15) is 4.79 Å². The molecule has 18 heavy (non-hydrogen) atoms. The molecule has 0 radical (unpaired) electrons. The first-order chi connectivity index (χ1) is 8.75. The van der Waals surface area contributed by atoms with Gasteiger partial charge in [0.05, 0.1) is 13.0 Å². The van der Waals surface area contributed by atoms with Gasteiger partial charge < -0.3 is 10.1 Å². The minimum atomic E-state index is -0.0379. The second kappa shape index (κ2) is 4.30. The second-order valence-corrected chi connectivity index (χ2v) is 5.48. The fourth-order valence-corrected chi connectivity index (χ4v) is 3.48. The maximum absolute atomic E-state index is 11.6. The molecule has 1 fully saturated rings. The molecule has 2 aliphatic rings. The van der Waals surface area contributed by atoms with Crippen molar-refractivity contribution in [2.45, 2.75) is 31.1 Å². The Kier molecular flexibility index (Phi) is 2.77. The molecule has 0 aromatic heterocycles. The monoisotopic (exact) mass is 245 g/mol. The lowest BCUT2D eigenvalue weighted by Gasteiger charge is -2.36. The largest absolute Gasteiger partial charge is 0.469 e. The smallest absolute Gasteiger partial charge is 0.308 e. The highest BCUT2D eigenvalue weighted by Gasteiger charge is 2.42. The average Bonchev–Trinajstić information content (AvgIpc) is 2.78. The standard InChI is InChI=1S/C15H19NO2/c1-18-14(17)11-6-8-15(9-7-11)10-16-13-5-3-2-4-12(13)15/h2-5,11,16H,6-10H2,1H3. The Hall–Kier alpha value is -1.51. The van der Waals surface area contributed by atoms with Crippen LogP contribution < -0.4 is 5.32 Å². The van der Waals surface area contributed by atoms with Crippen molar-refractivity contribution in [2.75, 3.05) is 19.0 Å². The van der Waals surface area contributed by atoms with Crippen molar-refractivity contribution in [3.05, 3.63) is 29.8 Å². The summed E-state index contributed by atoms with van der Waals surface area (Å²) in [7, 11) is 1.49. The quantitative estimate of drug-likeness (QED) is 0.773. The van der Waals surface area contributed by atoms with Gasteiger partial charge in [0, 0.05) is 17.6 Å². The number of para-hydroxylation sites is 1. The van der Waals surface area contributed by atoms with E-state index in [1.807, 2.05) is 0 Å². The van der Waals surface area contributed by atoms with Gasteiger partial charge in [-0.05, 0) is 37.3 Å². The molecular weight excluding hydrogens is 226 g/mol. The van der Waals surface area contributed by atoms with Crippen molar-refractivity contribution in [3.8, 4) is 0 Å². The van der Waals surface area contributed by atoms with Gasteiger partial charge >= 0.3 is 5.97 Å². The van der Waals surface area contributed by atoms with Gasteiger partial charge in [-0.1, -0.05) is 18.2 Å². The number of ether oxygens (including phenoxy) is 1. The van der Waals surface area contributed by atoms with Crippen LogP contribution in [-0.2, 0) is 14.9 Å². The van der Waals surface area contributed by atoms with Gasteiger partial charge in [0.25, 0.3) is 0 Å². The molecule has 1 saturated carbocycles. The van der Waals surface area contributed by atoms with E-state index < -0.39 is 0 Å². The molecule has 1 spiro atoms. The van der Waals surface area contributed by atoms with Crippen LogP contribution in [0, 0.1) is 5.92 Å². The summed E-state index contributed by atoms with van der Waals surface area (Å²) in [6, 6.07) is 8.56. The first-order valence-electron chi connectivity index (χ1n) is 6.66. The summed E-state index contributed by atoms with van der Waals surface area (Å²) < 4.78 is 4.86. The number of esters is 1. The highest BCUT2D eigenvalue weighted by atomic mass is 16.5. The van der Waals surface area contributed by atoms with Crippen molar-refractivity contribution in [1.82, 2.24) is 0 Å². The average molecular weight is 245 g/mol. The van der Waals surface area contributed by atoms with Crippen LogP contribution in [0.1, 0.15) is 31.2 Å². The summed E-state index contributed by atoms with van der Waals surface area (Å²) in [5.41, 5.74) is 2.96. The molecule has 3 rings (SSSR count). The molecule has 3 nitrogen and oxygen atoms in total. The van der Waals surface area contributed by atoms with E-state index in [0.29, 0.717) is 0 Å². The van der Waals surface area contributed by atoms with E-state index in [4.69, 9.17) is 4.74 Å². The fourth-order valence-electron chi connectivity index (χ4n) is 3.48. The Labute approximate surface area is 108 Å². The third-order valence-corrected chi connectivity index (χ3v) is 4.59. The number of nitrogens with one attached hydrogen (secondary N) is 1. The van der Waals surface area contributed by atoms with Gasteiger partial charge in [-0.2, -0.15) is 0 Å². The number of carbonyl (C=O) groups excluding carboxylic acids is 1. The Morgan fingerprint density at radius 2 is 2.06 bits per heavy atom. The number of anilines is 1. The van der Waals surface area contributed by atoms with Crippen LogP contribution in [0.15, 0.2) is 24.3 Å². The molecule has 1 aromatic carbocycles. The fraction of sp³-hybridized carbons (Fsp3) is 0.533. The first-order valence-corrected chi connectivity index (χ1v) is 6.66. The molecule has 1 N–H and O–H groups in total. The molecule has 0 atom stereocenters. The summed E-state index contributed by atoms with van der Waals surface area (Å²) in [5.74, 6) is 0.0671. The minimum absolute atomic E-state index is 0.0379. The molecule has 0 bridgehead atoms. The van der Waals surface area contributed by atoms with E-state index in [0.717, 1.165) is 32.2 Å². The molecule has 1 heterocycles. The molecule has 1 aliphatic heterocycles. The zero-order valence-electron chi connectivity index (χ0n) is 10.7. The lowest BCUT2D eigenvalue weighted by atomic mass is 9.68. The van der Waals surface area contributed by atoms with Gasteiger partial charge in [-0.15, -0.1) is 0 Å². The van der Waals surface area contributed by atoms with Gasteiger partial charge in [0.1, 0.15) is 0 Å². The lowest BCUT2D eigenvalue weighted by Crippen LogP contribution is -2.35.